The van der Waals surface area contributed by atoms with Crippen molar-refractivity contribution >= 4 is 11.9 Å². The Morgan fingerprint density at radius 3 is 2.60 bits per heavy atom. The van der Waals surface area contributed by atoms with E-state index < -0.39 is 5.97 Å². The van der Waals surface area contributed by atoms with E-state index in [1.165, 1.54) is 0 Å². The highest BCUT2D eigenvalue weighted by atomic mass is 16.4. The van der Waals surface area contributed by atoms with Crippen molar-refractivity contribution in [1.29, 1.82) is 0 Å². The molecule has 3 unspecified atom stereocenters. The number of carboxylic acids is 1. The molecule has 4 nitrogen and oxygen atoms in total. The van der Waals surface area contributed by atoms with Crippen LogP contribution < -0.4 is 0 Å². The predicted molar refractivity (Wildman–Crippen MR) is 54.3 cm³/mol. The van der Waals surface area contributed by atoms with Gasteiger partial charge in [-0.05, 0) is 25.2 Å². The largest absolute Gasteiger partial charge is 0.481 e. The van der Waals surface area contributed by atoms with Gasteiger partial charge >= 0.3 is 5.97 Å². The summed E-state index contributed by atoms with van der Waals surface area (Å²) in [6.45, 7) is 2.20. The first-order chi connectivity index (χ1) is 7.11. The highest BCUT2D eigenvalue weighted by molar-refractivity contribution is 5.75. The zero-order valence-electron chi connectivity index (χ0n) is 8.98. The summed E-state index contributed by atoms with van der Waals surface area (Å²) in [5.41, 5.74) is 0. The van der Waals surface area contributed by atoms with Crippen LogP contribution in [0.25, 0.3) is 0 Å². The third-order valence-electron chi connectivity index (χ3n) is 3.85. The lowest BCUT2D eigenvalue weighted by molar-refractivity contribution is -0.150. The Morgan fingerprint density at radius 1 is 1.27 bits per heavy atom. The van der Waals surface area contributed by atoms with Crippen LogP contribution in [-0.4, -0.2) is 34.5 Å². The second-order valence-corrected chi connectivity index (χ2v) is 4.61. The summed E-state index contributed by atoms with van der Waals surface area (Å²) in [5.74, 6) is -0.626. The van der Waals surface area contributed by atoms with Crippen molar-refractivity contribution in [2.45, 2.75) is 38.6 Å². The van der Waals surface area contributed by atoms with Crippen LogP contribution in [-0.2, 0) is 9.59 Å². The molecule has 0 aromatic heterocycles. The van der Waals surface area contributed by atoms with Crippen molar-refractivity contribution < 1.29 is 14.7 Å². The van der Waals surface area contributed by atoms with Gasteiger partial charge in [0.2, 0.25) is 5.91 Å². The SMILES string of the molecule is CC(=O)N1CCC(C(=O)O)C2CCCC21. The molecule has 1 saturated heterocycles. The number of nitrogens with zero attached hydrogens (tertiary/aromatic N) is 1. The molecule has 84 valence electrons. The number of aliphatic carboxylic acids is 1. The molecule has 0 aromatic rings. The Kier molecular flexibility index (Phi) is 2.67. The molecule has 0 bridgehead atoms. The summed E-state index contributed by atoms with van der Waals surface area (Å²) in [4.78, 5) is 24.3. The molecule has 0 radical (unpaired) electrons. The maximum atomic E-state index is 11.4. The first-order valence-electron chi connectivity index (χ1n) is 5.61. The monoisotopic (exact) mass is 211 g/mol. The first-order valence-corrected chi connectivity index (χ1v) is 5.61. The maximum absolute atomic E-state index is 11.4. The summed E-state index contributed by atoms with van der Waals surface area (Å²) in [6.07, 6.45) is 3.62. The Hall–Kier alpha value is -1.06. The molecule has 1 saturated carbocycles. The lowest BCUT2D eigenvalue weighted by Crippen LogP contribution is -2.50. The number of carboxylic acid groups (broad SMARTS) is 1. The molecule has 1 N–H and O–H groups in total. The smallest absolute Gasteiger partial charge is 0.306 e. The fourth-order valence-electron chi connectivity index (χ4n) is 3.18. The number of rotatable bonds is 1. The lowest BCUT2D eigenvalue weighted by atomic mass is 9.81. The Morgan fingerprint density at radius 2 is 2.00 bits per heavy atom. The van der Waals surface area contributed by atoms with Crippen LogP contribution >= 0.6 is 0 Å². The molecule has 2 rings (SSSR count). The van der Waals surface area contributed by atoms with Crippen LogP contribution in [0.3, 0.4) is 0 Å². The molecular formula is C11H17NO3. The van der Waals surface area contributed by atoms with Crippen LogP contribution in [0.4, 0.5) is 0 Å². The molecule has 2 aliphatic rings. The molecule has 1 heterocycles. The minimum atomic E-state index is -0.685. The fourth-order valence-corrected chi connectivity index (χ4v) is 3.18. The second-order valence-electron chi connectivity index (χ2n) is 4.61. The van der Waals surface area contributed by atoms with E-state index in [2.05, 4.69) is 0 Å². The van der Waals surface area contributed by atoms with Crippen LogP contribution in [0.5, 0.6) is 0 Å². The molecule has 2 fully saturated rings. The molecule has 0 spiro atoms. The van der Waals surface area contributed by atoms with Gasteiger partial charge in [-0.2, -0.15) is 0 Å². The van der Waals surface area contributed by atoms with Gasteiger partial charge in [0, 0.05) is 19.5 Å². The summed E-state index contributed by atoms with van der Waals surface area (Å²) in [5, 5.41) is 9.11. The van der Waals surface area contributed by atoms with Gasteiger partial charge in [-0.3, -0.25) is 9.59 Å². The van der Waals surface area contributed by atoms with E-state index in [0.29, 0.717) is 13.0 Å². The van der Waals surface area contributed by atoms with Crippen molar-refractivity contribution in [3.05, 3.63) is 0 Å². The normalized spacial score (nSPS) is 35.0. The molecule has 0 aromatic carbocycles. The fraction of sp³-hybridized carbons (Fsp3) is 0.818. The minimum absolute atomic E-state index is 0.0933. The van der Waals surface area contributed by atoms with Gasteiger partial charge in [0.25, 0.3) is 0 Å². The predicted octanol–water partition coefficient (Wildman–Crippen LogP) is 1.11. The number of piperidine rings is 1. The summed E-state index contributed by atoms with van der Waals surface area (Å²) in [7, 11) is 0. The van der Waals surface area contributed by atoms with E-state index in [4.69, 9.17) is 5.11 Å². The number of likely N-dealkylation sites (tertiary alicyclic amines) is 1. The number of carbonyl (C=O) groups is 2. The average Bonchev–Trinajstić information content (AvgIpc) is 2.63. The quantitative estimate of drug-likeness (QED) is 0.706. The van der Waals surface area contributed by atoms with Crippen molar-refractivity contribution in [3.8, 4) is 0 Å². The molecule has 1 aliphatic carbocycles. The summed E-state index contributed by atoms with van der Waals surface area (Å²) < 4.78 is 0. The molecular weight excluding hydrogens is 194 g/mol. The van der Waals surface area contributed by atoms with Crippen molar-refractivity contribution in [1.82, 2.24) is 4.90 Å². The van der Waals surface area contributed by atoms with E-state index in [9.17, 15) is 9.59 Å². The van der Waals surface area contributed by atoms with E-state index >= 15 is 0 Å². The highest BCUT2D eigenvalue weighted by Crippen LogP contribution is 2.40. The number of fused-ring (bicyclic) bond motifs is 1. The molecule has 3 atom stereocenters. The molecule has 1 amide bonds. The van der Waals surface area contributed by atoms with Gasteiger partial charge in [0.1, 0.15) is 0 Å². The Bertz CT molecular complexity index is 262. The third kappa shape index (κ3) is 1.73. The molecule has 15 heavy (non-hydrogen) atoms. The summed E-state index contributed by atoms with van der Waals surface area (Å²) in [6, 6.07) is 0.192. The van der Waals surface area contributed by atoms with Gasteiger partial charge < -0.3 is 10.0 Å². The van der Waals surface area contributed by atoms with Crippen molar-refractivity contribution in [2.75, 3.05) is 6.54 Å². The summed E-state index contributed by atoms with van der Waals surface area (Å²) >= 11 is 0. The van der Waals surface area contributed by atoms with E-state index in [-0.39, 0.29) is 23.8 Å². The molecule has 1 aliphatic heterocycles. The van der Waals surface area contributed by atoms with Crippen LogP contribution in [0, 0.1) is 11.8 Å². The van der Waals surface area contributed by atoms with E-state index in [1.54, 1.807) is 6.92 Å². The topological polar surface area (TPSA) is 57.6 Å². The zero-order chi connectivity index (χ0) is 11.0. The van der Waals surface area contributed by atoms with Gasteiger partial charge in [0.05, 0.1) is 5.92 Å². The third-order valence-corrected chi connectivity index (χ3v) is 3.85. The van der Waals surface area contributed by atoms with Gasteiger partial charge in [0.15, 0.2) is 0 Å². The number of hydrogen-bond acceptors (Lipinski definition) is 2. The van der Waals surface area contributed by atoms with Crippen LogP contribution in [0.1, 0.15) is 32.6 Å². The number of hydrogen-bond donors (Lipinski definition) is 1. The van der Waals surface area contributed by atoms with Crippen LogP contribution in [0.2, 0.25) is 0 Å². The van der Waals surface area contributed by atoms with Crippen LogP contribution in [0.15, 0.2) is 0 Å². The Labute approximate surface area is 89.3 Å². The average molecular weight is 211 g/mol. The van der Waals surface area contributed by atoms with Gasteiger partial charge in [-0.15, -0.1) is 0 Å². The van der Waals surface area contributed by atoms with Gasteiger partial charge in [-0.1, -0.05) is 6.42 Å². The second kappa shape index (κ2) is 3.83. The molecule has 4 heteroatoms. The number of amides is 1. The van der Waals surface area contributed by atoms with Crippen molar-refractivity contribution in [3.63, 3.8) is 0 Å². The van der Waals surface area contributed by atoms with Crippen molar-refractivity contribution in [2.24, 2.45) is 11.8 Å². The van der Waals surface area contributed by atoms with Gasteiger partial charge in [-0.25, -0.2) is 0 Å². The lowest BCUT2D eigenvalue weighted by Gasteiger charge is -2.40. The first kappa shape index (κ1) is 10.5. The Balaban J connectivity index is 2.16. The van der Waals surface area contributed by atoms with E-state index in [0.717, 1.165) is 19.3 Å². The standard InChI is InChI=1S/C11H17NO3/c1-7(13)12-6-5-9(11(14)15)8-3-2-4-10(8)12/h8-10H,2-6H2,1H3,(H,14,15). The zero-order valence-corrected chi connectivity index (χ0v) is 8.98. The number of carbonyl (C=O) groups excluding carboxylic acids is 1. The highest BCUT2D eigenvalue weighted by Gasteiger charge is 2.44. The maximum Gasteiger partial charge on any atom is 0.306 e. The minimum Gasteiger partial charge on any atom is -0.481 e. The van der Waals surface area contributed by atoms with E-state index in [1.807, 2.05) is 4.90 Å².